The van der Waals surface area contributed by atoms with Crippen molar-refractivity contribution in [2.45, 2.75) is 18.8 Å². The molecule has 102 valence electrons. The maximum atomic E-state index is 12.3. The van der Waals surface area contributed by atoms with Gasteiger partial charge in [0, 0.05) is 25.2 Å². The summed E-state index contributed by atoms with van der Waals surface area (Å²) in [4.78, 5) is 24.6. The number of benzene rings is 1. The fourth-order valence-corrected chi connectivity index (χ4v) is 2.51. The zero-order chi connectivity index (χ0) is 14.2. The van der Waals surface area contributed by atoms with E-state index in [1.807, 2.05) is 0 Å². The van der Waals surface area contributed by atoms with E-state index in [-0.39, 0.29) is 11.6 Å². The molecule has 2 rings (SSSR count). The maximum absolute atomic E-state index is 12.3. The first-order valence-electron chi connectivity index (χ1n) is 5.98. The van der Waals surface area contributed by atoms with Gasteiger partial charge in [0.05, 0.1) is 17.4 Å². The second-order valence-electron chi connectivity index (χ2n) is 4.95. The lowest BCUT2D eigenvalue weighted by atomic mass is 9.80. The number of nitro benzene ring substituents is 1. The molecule has 0 bridgehead atoms. The summed E-state index contributed by atoms with van der Waals surface area (Å²) < 4.78 is 5.11. The van der Waals surface area contributed by atoms with E-state index in [0.29, 0.717) is 24.3 Å². The highest BCUT2D eigenvalue weighted by atomic mass is 16.6. The molecule has 1 aromatic carbocycles. The number of likely N-dealkylation sites (tertiary alicyclic amines) is 1. The number of nitro groups is 1. The molecule has 1 fully saturated rings. The topological polar surface area (TPSA) is 72.7 Å². The third kappa shape index (κ3) is 2.03. The Morgan fingerprint density at radius 2 is 2.16 bits per heavy atom. The van der Waals surface area contributed by atoms with Gasteiger partial charge in [-0.05, 0) is 25.5 Å². The van der Waals surface area contributed by atoms with Crippen molar-refractivity contribution in [1.29, 1.82) is 0 Å². The smallest absolute Gasteiger partial charge is 0.273 e. The number of carbonyl (C=O) groups is 1. The lowest BCUT2D eigenvalue weighted by Gasteiger charge is -2.22. The zero-order valence-corrected chi connectivity index (χ0v) is 11.2. The first-order valence-corrected chi connectivity index (χ1v) is 5.98. The number of hydrogen-bond acceptors (Lipinski definition) is 4. The van der Waals surface area contributed by atoms with Crippen LogP contribution in [-0.4, -0.2) is 36.4 Å². The molecule has 1 aliphatic rings. The van der Waals surface area contributed by atoms with E-state index in [2.05, 4.69) is 0 Å². The Morgan fingerprint density at radius 1 is 1.47 bits per heavy atom. The van der Waals surface area contributed by atoms with Gasteiger partial charge in [0.25, 0.3) is 5.69 Å². The van der Waals surface area contributed by atoms with Crippen LogP contribution in [0, 0.1) is 10.1 Å². The van der Waals surface area contributed by atoms with Crippen molar-refractivity contribution < 1.29 is 14.5 Å². The Hall–Kier alpha value is -2.11. The molecule has 1 aliphatic heterocycles. The highest BCUT2D eigenvalue weighted by molar-refractivity contribution is 5.91. The molecule has 6 heteroatoms. The van der Waals surface area contributed by atoms with E-state index in [9.17, 15) is 14.9 Å². The Bertz CT molecular complexity index is 543. The van der Waals surface area contributed by atoms with E-state index in [1.165, 1.54) is 19.2 Å². The van der Waals surface area contributed by atoms with Gasteiger partial charge in [-0.25, -0.2) is 0 Å². The molecule has 1 saturated heterocycles. The van der Waals surface area contributed by atoms with E-state index in [1.54, 1.807) is 24.9 Å². The van der Waals surface area contributed by atoms with E-state index >= 15 is 0 Å². The van der Waals surface area contributed by atoms with Gasteiger partial charge in [-0.2, -0.15) is 0 Å². The minimum atomic E-state index is -0.855. The second-order valence-corrected chi connectivity index (χ2v) is 4.95. The number of carbonyl (C=O) groups excluding carboxylic acids is 1. The summed E-state index contributed by atoms with van der Waals surface area (Å²) in [6.07, 6.45) is 0.566. The molecule has 1 aromatic rings. The number of hydrogen-bond donors (Lipinski definition) is 0. The molecule has 0 saturated carbocycles. The summed E-state index contributed by atoms with van der Waals surface area (Å²) in [6, 6.07) is 4.52. The minimum absolute atomic E-state index is 0.0352. The van der Waals surface area contributed by atoms with Gasteiger partial charge in [0.2, 0.25) is 5.91 Å². The third-order valence-corrected chi connectivity index (χ3v) is 3.76. The van der Waals surface area contributed by atoms with Gasteiger partial charge in [-0.15, -0.1) is 0 Å². The van der Waals surface area contributed by atoms with Gasteiger partial charge in [-0.1, -0.05) is 0 Å². The van der Waals surface area contributed by atoms with Gasteiger partial charge in [0.15, 0.2) is 0 Å². The molecule has 0 N–H and O–H groups in total. The molecular weight excluding hydrogens is 248 g/mol. The molecule has 0 aromatic heterocycles. The Kier molecular flexibility index (Phi) is 3.18. The lowest BCUT2D eigenvalue weighted by molar-refractivity contribution is -0.386. The summed E-state index contributed by atoms with van der Waals surface area (Å²) in [5.41, 5.74) is -0.468. The quantitative estimate of drug-likeness (QED) is 0.615. The molecule has 0 aliphatic carbocycles. The molecular formula is C13H16N2O4. The standard InChI is InChI=1S/C13H16N2O4/c1-13(6-7-14(2)12(13)16)10-8-9(19-3)4-5-11(10)15(17)18/h4-5,8H,6-7H2,1-3H3. The van der Waals surface area contributed by atoms with E-state index < -0.39 is 10.3 Å². The van der Waals surface area contributed by atoms with Crippen molar-refractivity contribution in [1.82, 2.24) is 4.90 Å². The molecule has 1 atom stereocenters. The fourth-order valence-electron chi connectivity index (χ4n) is 2.51. The number of nitrogens with zero attached hydrogens (tertiary/aromatic N) is 2. The van der Waals surface area contributed by atoms with Crippen LogP contribution in [0.2, 0.25) is 0 Å². The largest absolute Gasteiger partial charge is 0.497 e. The summed E-state index contributed by atoms with van der Waals surface area (Å²) in [5.74, 6) is 0.424. The Labute approximate surface area is 111 Å². The lowest BCUT2D eigenvalue weighted by Crippen LogP contribution is -2.34. The van der Waals surface area contributed by atoms with Crippen LogP contribution in [0.5, 0.6) is 5.75 Å². The van der Waals surface area contributed by atoms with Crippen LogP contribution in [0.15, 0.2) is 18.2 Å². The molecule has 0 spiro atoms. The zero-order valence-electron chi connectivity index (χ0n) is 11.2. The van der Waals surface area contributed by atoms with Crippen molar-refractivity contribution in [3.63, 3.8) is 0 Å². The number of amides is 1. The minimum Gasteiger partial charge on any atom is -0.497 e. The van der Waals surface area contributed by atoms with E-state index in [0.717, 1.165) is 0 Å². The number of methoxy groups -OCH3 is 1. The monoisotopic (exact) mass is 264 g/mol. The van der Waals surface area contributed by atoms with Crippen LogP contribution in [-0.2, 0) is 10.2 Å². The first-order chi connectivity index (χ1) is 8.90. The highest BCUT2D eigenvalue weighted by Crippen LogP contribution is 2.41. The normalized spacial score (nSPS) is 22.7. The van der Waals surface area contributed by atoms with E-state index in [4.69, 9.17) is 4.74 Å². The summed E-state index contributed by atoms with van der Waals surface area (Å²) >= 11 is 0. The predicted molar refractivity (Wildman–Crippen MR) is 69.3 cm³/mol. The van der Waals surface area contributed by atoms with Crippen molar-refractivity contribution in [2.24, 2.45) is 0 Å². The Morgan fingerprint density at radius 3 is 2.63 bits per heavy atom. The molecule has 1 heterocycles. The molecule has 0 radical (unpaired) electrons. The second kappa shape index (κ2) is 4.53. The fraction of sp³-hybridized carbons (Fsp3) is 0.462. The molecule has 1 unspecified atom stereocenters. The van der Waals surface area contributed by atoms with Crippen LogP contribution >= 0.6 is 0 Å². The van der Waals surface area contributed by atoms with Gasteiger partial charge < -0.3 is 9.64 Å². The SMILES string of the molecule is COc1ccc([N+](=O)[O-])c(C2(C)CCN(C)C2=O)c1. The summed E-state index contributed by atoms with van der Waals surface area (Å²) in [7, 11) is 3.20. The number of likely N-dealkylation sites (N-methyl/N-ethyl adjacent to an activating group) is 1. The van der Waals surface area contributed by atoms with Crippen LogP contribution in [0.4, 0.5) is 5.69 Å². The van der Waals surface area contributed by atoms with Crippen LogP contribution in [0.25, 0.3) is 0 Å². The van der Waals surface area contributed by atoms with Gasteiger partial charge in [-0.3, -0.25) is 14.9 Å². The van der Waals surface area contributed by atoms with Gasteiger partial charge in [0.1, 0.15) is 5.75 Å². The first kappa shape index (κ1) is 13.3. The van der Waals surface area contributed by atoms with Gasteiger partial charge >= 0.3 is 0 Å². The maximum Gasteiger partial charge on any atom is 0.273 e. The van der Waals surface area contributed by atoms with Crippen molar-refractivity contribution in [3.05, 3.63) is 33.9 Å². The highest BCUT2D eigenvalue weighted by Gasteiger charge is 2.46. The third-order valence-electron chi connectivity index (χ3n) is 3.76. The van der Waals surface area contributed by atoms with Crippen LogP contribution in [0.3, 0.4) is 0 Å². The van der Waals surface area contributed by atoms with Crippen LogP contribution < -0.4 is 4.74 Å². The van der Waals surface area contributed by atoms with Crippen molar-refractivity contribution in [2.75, 3.05) is 20.7 Å². The number of ether oxygens (including phenoxy) is 1. The predicted octanol–water partition coefficient (Wildman–Crippen LogP) is 1.72. The molecule has 19 heavy (non-hydrogen) atoms. The average molecular weight is 264 g/mol. The van der Waals surface area contributed by atoms with Crippen molar-refractivity contribution >= 4 is 11.6 Å². The number of rotatable bonds is 3. The molecule has 1 amide bonds. The summed E-state index contributed by atoms with van der Waals surface area (Å²) in [6.45, 7) is 2.35. The Balaban J connectivity index is 2.59. The van der Waals surface area contributed by atoms with Crippen LogP contribution in [0.1, 0.15) is 18.9 Å². The average Bonchev–Trinajstić information content (AvgIpc) is 2.67. The molecule has 6 nitrogen and oxygen atoms in total. The van der Waals surface area contributed by atoms with Crippen molar-refractivity contribution in [3.8, 4) is 5.75 Å². The summed E-state index contributed by atoms with van der Waals surface area (Å²) in [5, 5.41) is 11.1.